The average Bonchev–Trinajstić information content (AvgIpc) is 3.23. The third kappa shape index (κ3) is 2.98. The summed E-state index contributed by atoms with van der Waals surface area (Å²) in [7, 11) is 0. The summed E-state index contributed by atoms with van der Waals surface area (Å²) >= 11 is 10.7. The molecule has 0 amide bonds. The number of aromatic amines is 1. The van der Waals surface area contributed by atoms with E-state index in [0.717, 1.165) is 15.5 Å². The molecule has 1 N–H and O–H groups in total. The Kier molecular flexibility index (Phi) is 4.36. The van der Waals surface area contributed by atoms with Crippen molar-refractivity contribution in [3.05, 3.63) is 56.4 Å². The molecule has 0 fully saturated rings. The zero-order valence-electron chi connectivity index (χ0n) is 12.0. The zero-order chi connectivity index (χ0) is 16.5. The van der Waals surface area contributed by atoms with Gasteiger partial charge in [-0.05, 0) is 6.07 Å². The number of halogens is 1. The molecule has 0 aliphatic rings. The summed E-state index contributed by atoms with van der Waals surface area (Å²) in [6.07, 6.45) is 0. The molecule has 3 heterocycles. The monoisotopic (exact) mass is 392 g/mol. The Hall–Kier alpha value is -1.74. The predicted molar refractivity (Wildman–Crippen MR) is 100 cm³/mol. The Bertz CT molecular complexity index is 1060. The number of rotatable bonds is 4. The Balaban J connectivity index is 1.73. The minimum absolute atomic E-state index is 0.149. The van der Waals surface area contributed by atoms with Gasteiger partial charge >= 0.3 is 0 Å². The van der Waals surface area contributed by atoms with Gasteiger partial charge in [-0.2, -0.15) is 0 Å². The van der Waals surface area contributed by atoms with Gasteiger partial charge in [-0.3, -0.25) is 4.79 Å². The molecule has 3 aromatic heterocycles. The van der Waals surface area contributed by atoms with Crippen LogP contribution in [0.15, 0.2) is 44.3 Å². The topological polar surface area (TPSA) is 71.5 Å². The standard InChI is InChI=1S/C15H9ClN4OS3/c16-10-4-2-1-3-8(10)9-5-22-14-12(9)13(21)18-11(19-14)6-23-15-20-17-7-24-15/h1-5,7H,6H2,(H,18,19,21). The summed E-state index contributed by atoms with van der Waals surface area (Å²) in [6, 6.07) is 7.49. The van der Waals surface area contributed by atoms with Gasteiger partial charge in [0.05, 0.1) is 11.1 Å². The van der Waals surface area contributed by atoms with E-state index in [9.17, 15) is 4.79 Å². The SMILES string of the molecule is O=c1[nH]c(CSc2nncs2)nc2scc(-c3ccccc3Cl)c12. The largest absolute Gasteiger partial charge is 0.309 e. The Labute approximate surface area is 153 Å². The molecule has 0 spiro atoms. The minimum Gasteiger partial charge on any atom is -0.309 e. The molecule has 0 unspecified atom stereocenters. The van der Waals surface area contributed by atoms with Crippen LogP contribution in [0.2, 0.25) is 5.02 Å². The smallest absolute Gasteiger partial charge is 0.260 e. The molecule has 0 bridgehead atoms. The lowest BCUT2D eigenvalue weighted by atomic mass is 10.1. The van der Waals surface area contributed by atoms with Crippen molar-refractivity contribution in [3.63, 3.8) is 0 Å². The van der Waals surface area contributed by atoms with Crippen molar-refractivity contribution >= 4 is 56.3 Å². The van der Waals surface area contributed by atoms with Gasteiger partial charge < -0.3 is 4.98 Å². The van der Waals surface area contributed by atoms with E-state index in [1.165, 1.54) is 34.4 Å². The third-order valence-electron chi connectivity index (χ3n) is 3.33. The lowest BCUT2D eigenvalue weighted by molar-refractivity contribution is 1.00. The van der Waals surface area contributed by atoms with Crippen LogP contribution in [0.3, 0.4) is 0 Å². The number of aromatic nitrogens is 4. The fourth-order valence-electron chi connectivity index (χ4n) is 2.30. The van der Waals surface area contributed by atoms with Crippen molar-refractivity contribution in [2.24, 2.45) is 0 Å². The van der Waals surface area contributed by atoms with Gasteiger partial charge in [-0.1, -0.05) is 52.9 Å². The Morgan fingerprint density at radius 2 is 2.08 bits per heavy atom. The summed E-state index contributed by atoms with van der Waals surface area (Å²) in [4.78, 5) is 20.7. The van der Waals surface area contributed by atoms with E-state index in [1.807, 2.05) is 29.6 Å². The van der Waals surface area contributed by atoms with Crippen molar-refractivity contribution in [3.8, 4) is 11.1 Å². The first-order valence-corrected chi connectivity index (χ1v) is 9.99. The molecule has 24 heavy (non-hydrogen) atoms. The molecule has 4 rings (SSSR count). The van der Waals surface area contributed by atoms with Gasteiger partial charge in [0.15, 0.2) is 4.34 Å². The lowest BCUT2D eigenvalue weighted by Crippen LogP contribution is -2.10. The van der Waals surface area contributed by atoms with Gasteiger partial charge in [0.1, 0.15) is 16.2 Å². The maximum atomic E-state index is 12.6. The number of hydrogen-bond acceptors (Lipinski definition) is 7. The van der Waals surface area contributed by atoms with Crippen LogP contribution >= 0.6 is 46.0 Å². The zero-order valence-corrected chi connectivity index (χ0v) is 15.2. The number of benzene rings is 1. The van der Waals surface area contributed by atoms with Crippen LogP contribution in [0.1, 0.15) is 5.82 Å². The quantitative estimate of drug-likeness (QED) is 0.519. The van der Waals surface area contributed by atoms with E-state index in [-0.39, 0.29) is 5.56 Å². The molecule has 0 atom stereocenters. The van der Waals surface area contributed by atoms with Crippen LogP contribution in [0.4, 0.5) is 0 Å². The molecule has 5 nitrogen and oxygen atoms in total. The third-order valence-corrected chi connectivity index (χ3v) is 6.40. The van der Waals surface area contributed by atoms with Crippen molar-refractivity contribution < 1.29 is 0 Å². The minimum atomic E-state index is -0.149. The van der Waals surface area contributed by atoms with Gasteiger partial charge in [0.2, 0.25) is 0 Å². The molecule has 0 saturated carbocycles. The van der Waals surface area contributed by atoms with E-state index >= 15 is 0 Å². The highest BCUT2D eigenvalue weighted by molar-refractivity contribution is 8.00. The molecule has 120 valence electrons. The van der Waals surface area contributed by atoms with E-state index in [2.05, 4.69) is 20.2 Å². The second-order valence-electron chi connectivity index (χ2n) is 4.82. The van der Waals surface area contributed by atoms with Gasteiger partial charge in [-0.25, -0.2) is 4.98 Å². The second-order valence-corrected chi connectivity index (χ2v) is 8.14. The molecule has 0 saturated heterocycles. The van der Waals surface area contributed by atoms with Gasteiger partial charge in [0, 0.05) is 21.5 Å². The summed E-state index contributed by atoms with van der Waals surface area (Å²) in [5, 5.41) is 10.9. The van der Waals surface area contributed by atoms with Crippen LogP contribution in [-0.4, -0.2) is 20.2 Å². The predicted octanol–water partition coefficient (Wildman–Crippen LogP) is 4.45. The number of thiophene rings is 1. The molecule has 1 aromatic carbocycles. The highest BCUT2D eigenvalue weighted by Gasteiger charge is 2.15. The number of H-pyrrole nitrogens is 1. The van der Waals surface area contributed by atoms with Crippen LogP contribution in [-0.2, 0) is 5.75 Å². The molecular formula is C15H9ClN4OS3. The summed E-state index contributed by atoms with van der Waals surface area (Å²) < 4.78 is 0.848. The number of fused-ring (bicyclic) bond motifs is 1. The van der Waals surface area contributed by atoms with Crippen LogP contribution in [0, 0.1) is 0 Å². The normalized spacial score (nSPS) is 11.2. The Morgan fingerprint density at radius 3 is 2.88 bits per heavy atom. The van der Waals surface area contributed by atoms with Crippen molar-refractivity contribution in [2.75, 3.05) is 0 Å². The van der Waals surface area contributed by atoms with Crippen LogP contribution < -0.4 is 5.56 Å². The highest BCUT2D eigenvalue weighted by atomic mass is 35.5. The number of nitrogens with one attached hydrogen (secondary N) is 1. The first-order chi connectivity index (χ1) is 11.7. The number of hydrogen-bond donors (Lipinski definition) is 1. The molecular weight excluding hydrogens is 384 g/mol. The summed E-state index contributed by atoms with van der Waals surface area (Å²) in [5.74, 6) is 1.17. The maximum absolute atomic E-state index is 12.6. The van der Waals surface area contributed by atoms with Crippen LogP contribution in [0.5, 0.6) is 0 Å². The fraction of sp³-hybridized carbons (Fsp3) is 0.0667. The molecule has 9 heteroatoms. The summed E-state index contributed by atoms with van der Waals surface area (Å²) in [5.41, 5.74) is 3.19. The second kappa shape index (κ2) is 6.64. The van der Waals surface area contributed by atoms with Crippen LogP contribution in [0.25, 0.3) is 21.3 Å². The first-order valence-electron chi connectivity index (χ1n) is 6.86. The lowest BCUT2D eigenvalue weighted by Gasteiger charge is -2.03. The fourth-order valence-corrected chi connectivity index (χ4v) is 4.85. The average molecular weight is 393 g/mol. The summed E-state index contributed by atoms with van der Waals surface area (Å²) in [6.45, 7) is 0. The van der Waals surface area contributed by atoms with Crippen molar-refractivity contribution in [2.45, 2.75) is 10.1 Å². The molecule has 0 aliphatic heterocycles. The molecule has 4 aromatic rings. The van der Waals surface area contributed by atoms with Gasteiger partial charge in [-0.15, -0.1) is 21.5 Å². The first kappa shape index (κ1) is 15.8. The maximum Gasteiger partial charge on any atom is 0.260 e. The van der Waals surface area contributed by atoms with E-state index in [0.29, 0.717) is 26.8 Å². The van der Waals surface area contributed by atoms with E-state index < -0.39 is 0 Å². The van der Waals surface area contributed by atoms with Gasteiger partial charge in [0.25, 0.3) is 5.56 Å². The van der Waals surface area contributed by atoms with E-state index in [1.54, 1.807) is 5.51 Å². The van der Waals surface area contributed by atoms with Crippen molar-refractivity contribution in [1.29, 1.82) is 0 Å². The molecule has 0 radical (unpaired) electrons. The number of nitrogens with zero attached hydrogens (tertiary/aromatic N) is 3. The van der Waals surface area contributed by atoms with Crippen molar-refractivity contribution in [1.82, 2.24) is 20.2 Å². The molecule has 0 aliphatic carbocycles. The Morgan fingerprint density at radius 1 is 1.21 bits per heavy atom. The van der Waals surface area contributed by atoms with E-state index in [4.69, 9.17) is 11.6 Å². The number of thioether (sulfide) groups is 1. The highest BCUT2D eigenvalue weighted by Crippen LogP contribution is 2.35.